The van der Waals surface area contributed by atoms with Crippen molar-refractivity contribution in [2.75, 3.05) is 12.3 Å². The van der Waals surface area contributed by atoms with Crippen molar-refractivity contribution in [1.29, 1.82) is 0 Å². The minimum atomic E-state index is 0.367. The number of hydrogen-bond acceptors (Lipinski definition) is 2. The van der Waals surface area contributed by atoms with Gasteiger partial charge in [-0.05, 0) is 36.5 Å². The summed E-state index contributed by atoms with van der Waals surface area (Å²) < 4.78 is 0. The van der Waals surface area contributed by atoms with E-state index in [9.17, 15) is 0 Å². The molecule has 2 aliphatic rings. The SMILES string of the molecule is CC1CCCC2(CSC(=NCC(C(C)C)C(C)C)N2)C1. The molecule has 2 atom stereocenters. The first kappa shape index (κ1) is 16.2. The Bertz CT molecular complexity index is 343. The number of nitrogens with zero attached hydrogens (tertiary/aromatic N) is 1. The number of nitrogens with one attached hydrogen (secondary N) is 1. The van der Waals surface area contributed by atoms with Crippen molar-refractivity contribution in [3.8, 4) is 0 Å². The van der Waals surface area contributed by atoms with E-state index in [0.29, 0.717) is 11.5 Å². The second kappa shape index (κ2) is 6.72. The number of aliphatic imine (C=N–C) groups is 1. The maximum absolute atomic E-state index is 4.91. The molecular weight excluding hydrogens is 264 g/mol. The summed E-state index contributed by atoms with van der Waals surface area (Å²) in [6, 6.07) is 0. The third-order valence-corrected chi connectivity index (χ3v) is 6.31. The quantitative estimate of drug-likeness (QED) is 0.822. The molecule has 0 bridgehead atoms. The van der Waals surface area contributed by atoms with Gasteiger partial charge >= 0.3 is 0 Å². The van der Waals surface area contributed by atoms with Crippen LogP contribution in [0.1, 0.15) is 60.3 Å². The van der Waals surface area contributed by atoms with Gasteiger partial charge in [0.15, 0.2) is 5.17 Å². The third kappa shape index (κ3) is 3.93. The van der Waals surface area contributed by atoms with E-state index in [4.69, 9.17) is 4.99 Å². The fourth-order valence-corrected chi connectivity index (χ4v) is 5.08. The highest BCUT2D eigenvalue weighted by Gasteiger charge is 2.40. The molecule has 1 aliphatic heterocycles. The van der Waals surface area contributed by atoms with Gasteiger partial charge in [-0.15, -0.1) is 0 Å². The van der Waals surface area contributed by atoms with Crippen LogP contribution in [0.4, 0.5) is 0 Å². The van der Waals surface area contributed by atoms with Gasteiger partial charge in [0.25, 0.3) is 0 Å². The first-order valence-corrected chi connectivity index (χ1v) is 9.36. The van der Waals surface area contributed by atoms with Crippen LogP contribution in [0.15, 0.2) is 4.99 Å². The van der Waals surface area contributed by atoms with Gasteiger partial charge in [-0.25, -0.2) is 0 Å². The second-order valence-corrected chi connectivity index (χ2v) is 8.66. The molecule has 0 aromatic heterocycles. The Morgan fingerprint density at radius 3 is 2.60 bits per heavy atom. The Hall–Kier alpha value is -0.180. The van der Waals surface area contributed by atoms with Crippen LogP contribution in [0, 0.1) is 23.7 Å². The lowest BCUT2D eigenvalue weighted by Crippen LogP contribution is -2.47. The van der Waals surface area contributed by atoms with Gasteiger partial charge in [-0.2, -0.15) is 0 Å². The lowest BCUT2D eigenvalue weighted by Gasteiger charge is -2.36. The predicted molar refractivity (Wildman–Crippen MR) is 91.4 cm³/mol. The molecule has 2 nitrogen and oxygen atoms in total. The lowest BCUT2D eigenvalue weighted by atomic mass is 9.78. The predicted octanol–water partition coefficient (Wildman–Crippen LogP) is 4.56. The molecule has 1 saturated heterocycles. The molecule has 0 aromatic rings. The molecule has 1 heterocycles. The van der Waals surface area contributed by atoms with Gasteiger partial charge in [0.2, 0.25) is 0 Å². The zero-order chi connectivity index (χ0) is 14.8. The van der Waals surface area contributed by atoms with Gasteiger partial charge in [0.1, 0.15) is 0 Å². The minimum absolute atomic E-state index is 0.367. The third-order valence-electron chi connectivity index (χ3n) is 5.11. The van der Waals surface area contributed by atoms with E-state index >= 15 is 0 Å². The summed E-state index contributed by atoms with van der Waals surface area (Å²) >= 11 is 1.95. The summed E-state index contributed by atoms with van der Waals surface area (Å²) in [5.74, 6) is 4.23. The highest BCUT2D eigenvalue weighted by atomic mass is 32.2. The van der Waals surface area contributed by atoms with Crippen LogP contribution in [0.25, 0.3) is 0 Å². The minimum Gasteiger partial charge on any atom is -0.359 e. The smallest absolute Gasteiger partial charge is 0.157 e. The maximum Gasteiger partial charge on any atom is 0.157 e. The average Bonchev–Trinajstić information content (AvgIpc) is 2.71. The highest BCUT2D eigenvalue weighted by Crippen LogP contribution is 2.38. The van der Waals surface area contributed by atoms with Crippen molar-refractivity contribution in [3.63, 3.8) is 0 Å². The first-order valence-electron chi connectivity index (χ1n) is 8.37. The lowest BCUT2D eigenvalue weighted by molar-refractivity contribution is 0.242. The fourth-order valence-electron chi connectivity index (χ4n) is 3.88. The topological polar surface area (TPSA) is 24.4 Å². The molecule has 1 spiro atoms. The summed E-state index contributed by atoms with van der Waals surface area (Å²) in [5.41, 5.74) is 0.367. The van der Waals surface area contributed by atoms with Gasteiger partial charge in [-0.3, -0.25) is 4.99 Å². The van der Waals surface area contributed by atoms with E-state index in [2.05, 4.69) is 39.9 Å². The maximum atomic E-state index is 4.91. The Morgan fingerprint density at radius 1 is 1.30 bits per heavy atom. The van der Waals surface area contributed by atoms with Crippen molar-refractivity contribution >= 4 is 16.9 Å². The molecule has 2 rings (SSSR count). The van der Waals surface area contributed by atoms with Crippen LogP contribution in [0.3, 0.4) is 0 Å². The molecule has 2 fully saturated rings. The number of amidine groups is 1. The van der Waals surface area contributed by atoms with Crippen LogP contribution in [0.2, 0.25) is 0 Å². The number of rotatable bonds is 4. The molecular formula is C17H32N2S. The van der Waals surface area contributed by atoms with Crippen LogP contribution in [0.5, 0.6) is 0 Å². The number of thioether (sulfide) groups is 1. The van der Waals surface area contributed by atoms with E-state index in [0.717, 1.165) is 24.3 Å². The van der Waals surface area contributed by atoms with Crippen LogP contribution < -0.4 is 5.32 Å². The Morgan fingerprint density at radius 2 is 2.00 bits per heavy atom. The fraction of sp³-hybridized carbons (Fsp3) is 0.941. The normalized spacial score (nSPS) is 32.8. The summed E-state index contributed by atoms with van der Waals surface area (Å²) in [6.45, 7) is 12.7. The summed E-state index contributed by atoms with van der Waals surface area (Å²) in [5, 5.41) is 5.00. The van der Waals surface area contributed by atoms with Crippen molar-refractivity contribution in [2.24, 2.45) is 28.7 Å². The van der Waals surface area contributed by atoms with Crippen molar-refractivity contribution < 1.29 is 0 Å². The van der Waals surface area contributed by atoms with Gasteiger partial charge in [0, 0.05) is 17.8 Å². The van der Waals surface area contributed by atoms with Crippen molar-refractivity contribution in [3.05, 3.63) is 0 Å². The molecule has 20 heavy (non-hydrogen) atoms. The molecule has 1 saturated carbocycles. The molecule has 2 unspecified atom stereocenters. The molecule has 116 valence electrons. The Labute approximate surface area is 129 Å². The highest BCUT2D eigenvalue weighted by molar-refractivity contribution is 8.14. The summed E-state index contributed by atoms with van der Waals surface area (Å²) in [6.07, 6.45) is 5.45. The monoisotopic (exact) mass is 296 g/mol. The molecule has 1 N–H and O–H groups in total. The Kier molecular flexibility index (Phi) is 5.44. The van der Waals surface area contributed by atoms with E-state index in [1.54, 1.807) is 0 Å². The van der Waals surface area contributed by atoms with Crippen LogP contribution in [-0.4, -0.2) is 23.0 Å². The second-order valence-electron chi connectivity index (χ2n) is 7.69. The summed E-state index contributed by atoms with van der Waals surface area (Å²) in [4.78, 5) is 4.91. The summed E-state index contributed by atoms with van der Waals surface area (Å²) in [7, 11) is 0. The Balaban J connectivity index is 1.93. The molecule has 0 amide bonds. The standard InChI is InChI=1S/C17H32N2S/c1-12(2)15(13(3)4)10-18-16-19-17(11-20-16)8-6-7-14(5)9-17/h12-15H,6-11H2,1-5H3,(H,18,19). The molecule has 0 aromatic carbocycles. The molecule has 0 radical (unpaired) electrons. The zero-order valence-electron chi connectivity index (χ0n) is 13.9. The zero-order valence-corrected chi connectivity index (χ0v) is 14.7. The number of hydrogen-bond donors (Lipinski definition) is 1. The van der Waals surface area contributed by atoms with Crippen molar-refractivity contribution in [1.82, 2.24) is 5.32 Å². The largest absolute Gasteiger partial charge is 0.359 e. The van der Waals surface area contributed by atoms with Crippen molar-refractivity contribution in [2.45, 2.75) is 65.8 Å². The van der Waals surface area contributed by atoms with Gasteiger partial charge in [-0.1, -0.05) is 59.2 Å². The van der Waals surface area contributed by atoms with E-state index < -0.39 is 0 Å². The van der Waals surface area contributed by atoms with Crippen LogP contribution in [-0.2, 0) is 0 Å². The average molecular weight is 297 g/mol. The molecule has 1 aliphatic carbocycles. The first-order chi connectivity index (χ1) is 9.42. The van der Waals surface area contributed by atoms with Gasteiger partial charge in [0.05, 0.1) is 0 Å². The molecule has 3 heteroatoms. The van der Waals surface area contributed by atoms with Gasteiger partial charge < -0.3 is 5.32 Å². The van der Waals surface area contributed by atoms with Crippen LogP contribution >= 0.6 is 11.8 Å². The van der Waals surface area contributed by atoms with E-state index in [1.807, 2.05) is 11.8 Å². The van der Waals surface area contributed by atoms with E-state index in [-0.39, 0.29) is 0 Å². The van der Waals surface area contributed by atoms with E-state index in [1.165, 1.54) is 36.6 Å².